The van der Waals surface area contributed by atoms with Gasteiger partial charge in [-0.2, -0.15) is 0 Å². The van der Waals surface area contributed by atoms with E-state index >= 15 is 0 Å². The van der Waals surface area contributed by atoms with Gasteiger partial charge in [0.15, 0.2) is 0 Å². The van der Waals surface area contributed by atoms with Crippen LogP contribution < -0.4 is 10.6 Å². The molecule has 4 amide bonds. The normalized spacial score (nSPS) is 29.2. The van der Waals surface area contributed by atoms with Gasteiger partial charge in [-0.15, -0.1) is 0 Å². The average molecular weight is 410 g/mol. The molecule has 1 aliphatic carbocycles. The van der Waals surface area contributed by atoms with Crippen molar-refractivity contribution in [2.24, 2.45) is 0 Å². The molecule has 1 unspecified atom stereocenters. The first kappa shape index (κ1) is 19.4. The second kappa shape index (κ2) is 7.28. The van der Waals surface area contributed by atoms with Crippen molar-refractivity contribution in [1.29, 1.82) is 0 Å². The van der Waals surface area contributed by atoms with Crippen molar-refractivity contribution in [2.45, 2.75) is 69.7 Å². The van der Waals surface area contributed by atoms with Crippen molar-refractivity contribution >= 4 is 23.6 Å². The minimum absolute atomic E-state index is 0.130. The topological polar surface area (TPSA) is 98.8 Å². The van der Waals surface area contributed by atoms with Crippen molar-refractivity contribution in [2.75, 3.05) is 7.05 Å². The van der Waals surface area contributed by atoms with Crippen LogP contribution in [-0.4, -0.2) is 58.6 Å². The van der Waals surface area contributed by atoms with Gasteiger partial charge in [0, 0.05) is 31.6 Å². The molecule has 0 aromatic heterocycles. The van der Waals surface area contributed by atoms with E-state index in [1.54, 1.807) is 0 Å². The number of carbonyl (C=O) groups excluding carboxylic acids is 4. The Balaban J connectivity index is 1.34. The van der Waals surface area contributed by atoms with Gasteiger partial charge in [0.1, 0.15) is 6.04 Å². The molecular formula is C22H26N4O4. The molecule has 1 aromatic carbocycles. The van der Waals surface area contributed by atoms with Gasteiger partial charge in [-0.25, -0.2) is 0 Å². The van der Waals surface area contributed by atoms with Crippen LogP contribution in [0.1, 0.15) is 70.4 Å². The lowest BCUT2D eigenvalue weighted by Crippen LogP contribution is -2.54. The molecule has 5 rings (SSSR count). The minimum Gasteiger partial charge on any atom is -0.317 e. The summed E-state index contributed by atoms with van der Waals surface area (Å²) in [6.45, 7) is 1.58. The molecule has 8 nitrogen and oxygen atoms in total. The molecule has 2 fully saturated rings. The van der Waals surface area contributed by atoms with Crippen molar-refractivity contribution in [3.63, 3.8) is 0 Å². The number of benzene rings is 1. The Kier molecular flexibility index (Phi) is 4.71. The Morgan fingerprint density at radius 2 is 1.50 bits per heavy atom. The first-order chi connectivity index (χ1) is 14.5. The van der Waals surface area contributed by atoms with E-state index in [-0.39, 0.29) is 18.7 Å². The second-order valence-electron chi connectivity index (χ2n) is 8.81. The predicted octanol–water partition coefficient (Wildman–Crippen LogP) is 0.934. The summed E-state index contributed by atoms with van der Waals surface area (Å²) in [5.74, 6) is -1.80. The van der Waals surface area contributed by atoms with Crippen LogP contribution in [0.4, 0.5) is 0 Å². The van der Waals surface area contributed by atoms with Crippen LogP contribution in [0, 0.1) is 0 Å². The lowest BCUT2D eigenvalue weighted by molar-refractivity contribution is -0.136. The third kappa shape index (κ3) is 3.06. The zero-order valence-electron chi connectivity index (χ0n) is 17.1. The molecule has 1 saturated heterocycles. The lowest BCUT2D eigenvalue weighted by atomic mass is 9.90. The van der Waals surface area contributed by atoms with Crippen molar-refractivity contribution in [1.82, 2.24) is 20.4 Å². The Morgan fingerprint density at radius 1 is 0.900 bits per heavy atom. The molecule has 1 aromatic rings. The quantitative estimate of drug-likeness (QED) is 0.720. The Morgan fingerprint density at radius 3 is 2.03 bits per heavy atom. The van der Waals surface area contributed by atoms with Crippen molar-refractivity contribution in [3.8, 4) is 0 Å². The molecule has 4 aliphatic rings. The summed E-state index contributed by atoms with van der Waals surface area (Å²) in [6, 6.07) is 3.90. The highest BCUT2D eigenvalue weighted by Crippen LogP contribution is 2.36. The molecule has 1 saturated carbocycles. The highest BCUT2D eigenvalue weighted by atomic mass is 16.2. The van der Waals surface area contributed by atoms with Gasteiger partial charge in [-0.3, -0.25) is 34.3 Å². The molecule has 0 spiro atoms. The van der Waals surface area contributed by atoms with E-state index in [0.29, 0.717) is 23.2 Å². The van der Waals surface area contributed by atoms with Gasteiger partial charge >= 0.3 is 0 Å². The summed E-state index contributed by atoms with van der Waals surface area (Å²) in [5.41, 5.74) is 2.94. The van der Waals surface area contributed by atoms with Crippen molar-refractivity contribution < 1.29 is 19.2 Å². The van der Waals surface area contributed by atoms with Gasteiger partial charge < -0.3 is 5.32 Å². The number of nitrogens with one attached hydrogen (secondary N) is 2. The summed E-state index contributed by atoms with van der Waals surface area (Å²) in [7, 11) is 2.02. The summed E-state index contributed by atoms with van der Waals surface area (Å²) in [6.07, 6.45) is 4.95. The van der Waals surface area contributed by atoms with E-state index in [0.717, 1.165) is 42.0 Å². The van der Waals surface area contributed by atoms with Crippen LogP contribution >= 0.6 is 0 Å². The molecule has 3 aliphatic heterocycles. The number of amides is 4. The van der Waals surface area contributed by atoms with E-state index in [9.17, 15) is 19.2 Å². The van der Waals surface area contributed by atoms with E-state index in [4.69, 9.17) is 0 Å². The fourth-order valence-corrected chi connectivity index (χ4v) is 5.38. The summed E-state index contributed by atoms with van der Waals surface area (Å²) in [5, 5.41) is 5.60. The largest absolute Gasteiger partial charge is 0.317 e. The van der Waals surface area contributed by atoms with Crippen LogP contribution in [-0.2, 0) is 22.7 Å². The Hall–Kier alpha value is -2.58. The highest BCUT2D eigenvalue weighted by Gasteiger charge is 2.45. The van der Waals surface area contributed by atoms with Gasteiger partial charge in [-0.1, -0.05) is 0 Å². The fourth-order valence-electron chi connectivity index (χ4n) is 5.38. The molecule has 1 atom stereocenters. The summed E-state index contributed by atoms with van der Waals surface area (Å²) < 4.78 is 0. The molecule has 30 heavy (non-hydrogen) atoms. The molecule has 3 heterocycles. The number of hydrogen-bond acceptors (Lipinski definition) is 6. The van der Waals surface area contributed by atoms with E-state index in [2.05, 4.69) is 15.5 Å². The lowest BCUT2D eigenvalue weighted by Gasteiger charge is -2.34. The number of imide groups is 2. The van der Waals surface area contributed by atoms with Crippen LogP contribution in [0.25, 0.3) is 0 Å². The molecule has 8 heteroatoms. The number of hydrogen-bond donors (Lipinski definition) is 2. The first-order valence-electron chi connectivity index (χ1n) is 10.7. The third-order valence-corrected chi connectivity index (χ3v) is 7.13. The first-order valence-corrected chi connectivity index (χ1v) is 10.7. The van der Waals surface area contributed by atoms with Crippen LogP contribution in [0.3, 0.4) is 0 Å². The summed E-state index contributed by atoms with van der Waals surface area (Å²) >= 11 is 0. The number of carbonyl (C=O) groups is 4. The van der Waals surface area contributed by atoms with Gasteiger partial charge in [0.2, 0.25) is 11.8 Å². The third-order valence-electron chi connectivity index (χ3n) is 7.13. The molecule has 0 bridgehead atoms. The van der Waals surface area contributed by atoms with E-state index in [1.165, 1.54) is 12.8 Å². The highest BCUT2D eigenvalue weighted by molar-refractivity contribution is 6.23. The second-order valence-corrected chi connectivity index (χ2v) is 8.81. The fraction of sp³-hybridized carbons (Fsp3) is 0.545. The molecule has 158 valence electrons. The maximum absolute atomic E-state index is 13.0. The maximum Gasteiger partial charge on any atom is 0.262 e. The maximum atomic E-state index is 13.0. The smallest absolute Gasteiger partial charge is 0.262 e. The molecular weight excluding hydrogens is 384 g/mol. The predicted molar refractivity (Wildman–Crippen MR) is 107 cm³/mol. The molecule has 0 radical (unpaired) electrons. The minimum atomic E-state index is -0.913. The van der Waals surface area contributed by atoms with Gasteiger partial charge in [0.25, 0.3) is 11.8 Å². The zero-order chi connectivity index (χ0) is 21.0. The average Bonchev–Trinajstić information content (AvgIpc) is 3.26. The monoisotopic (exact) mass is 410 g/mol. The standard InChI is InChI=1S/C22H26N4O4/c1-23-14-2-4-15(5-3-14)25-10-12-8-16-17(9-13(12)11-25)22(30)26(21(16)29)18-6-7-19(27)24-20(18)28/h8-9,14-15,18,23H,2-7,10-11H2,1H3,(H,24,27,28). The van der Waals surface area contributed by atoms with Crippen LogP contribution in [0.15, 0.2) is 12.1 Å². The number of piperidine rings is 1. The summed E-state index contributed by atoms with van der Waals surface area (Å²) in [4.78, 5) is 53.1. The molecule has 2 N–H and O–H groups in total. The van der Waals surface area contributed by atoms with Gasteiger partial charge in [-0.05, 0) is 62.4 Å². The number of rotatable bonds is 3. The number of fused-ring (bicyclic) bond motifs is 2. The number of nitrogens with zero attached hydrogens (tertiary/aromatic N) is 2. The zero-order valence-corrected chi connectivity index (χ0v) is 17.1. The van der Waals surface area contributed by atoms with Crippen LogP contribution in [0.5, 0.6) is 0 Å². The van der Waals surface area contributed by atoms with Crippen molar-refractivity contribution in [3.05, 3.63) is 34.4 Å². The SMILES string of the molecule is CNC1CCC(N2Cc3cc4c(cc3C2)C(=O)N(C2CCC(=O)NC2=O)C4=O)CC1. The Bertz CT molecular complexity index is 906. The van der Waals surface area contributed by atoms with Gasteiger partial charge in [0.05, 0.1) is 11.1 Å². The van der Waals surface area contributed by atoms with Crippen LogP contribution in [0.2, 0.25) is 0 Å². The Labute approximate surface area is 175 Å². The van der Waals surface area contributed by atoms with E-state index < -0.39 is 23.8 Å². The van der Waals surface area contributed by atoms with E-state index in [1.807, 2.05) is 19.2 Å².